The third-order valence-electron chi connectivity index (χ3n) is 2.43. The Kier molecular flexibility index (Phi) is 1.10. The van der Waals surface area contributed by atoms with Gasteiger partial charge in [0.1, 0.15) is 0 Å². The lowest BCUT2D eigenvalue weighted by molar-refractivity contribution is 0.661. The highest BCUT2D eigenvalue weighted by Gasteiger charge is 2.22. The summed E-state index contributed by atoms with van der Waals surface area (Å²) in [6.07, 6.45) is 1.29. The predicted octanol–water partition coefficient (Wildman–Crippen LogP) is 2.65. The Bertz CT molecular complexity index is 246. The van der Waals surface area contributed by atoms with Gasteiger partial charge in [0.05, 0.1) is 0 Å². The molecule has 0 N–H and O–H groups in total. The second-order valence-electron chi connectivity index (χ2n) is 3.25. The summed E-state index contributed by atoms with van der Waals surface area (Å²) >= 11 is 0. The topological polar surface area (TPSA) is 0 Å². The van der Waals surface area contributed by atoms with Gasteiger partial charge in [0, 0.05) is 0 Å². The number of hydrogen-bond acceptors (Lipinski definition) is 0. The summed E-state index contributed by atoms with van der Waals surface area (Å²) in [5.74, 6) is 0.816. The van der Waals surface area contributed by atoms with Crippen LogP contribution in [0.2, 0.25) is 0 Å². The van der Waals surface area contributed by atoms with Crippen LogP contribution in [0, 0.1) is 6.92 Å². The maximum absolute atomic E-state index is 2.30. The molecule has 0 radical (unpaired) electrons. The SMILES string of the molecule is Cc1cccc2c1C(C)C2. The first-order chi connectivity index (χ1) is 4.79. The van der Waals surface area contributed by atoms with Crippen molar-refractivity contribution < 1.29 is 0 Å². The van der Waals surface area contributed by atoms with E-state index in [2.05, 4.69) is 32.0 Å². The highest BCUT2D eigenvalue weighted by Crippen LogP contribution is 2.36. The molecule has 1 atom stereocenters. The Morgan fingerprint density at radius 1 is 1.40 bits per heavy atom. The normalized spacial score (nSPS) is 21.6. The van der Waals surface area contributed by atoms with Gasteiger partial charge >= 0.3 is 0 Å². The Morgan fingerprint density at radius 3 is 2.70 bits per heavy atom. The van der Waals surface area contributed by atoms with Crippen molar-refractivity contribution in [3.05, 3.63) is 34.9 Å². The minimum Gasteiger partial charge on any atom is -0.0617 e. The van der Waals surface area contributed by atoms with Gasteiger partial charge in [0.2, 0.25) is 0 Å². The van der Waals surface area contributed by atoms with E-state index >= 15 is 0 Å². The van der Waals surface area contributed by atoms with E-state index in [1.807, 2.05) is 0 Å². The molecular weight excluding hydrogens is 120 g/mol. The summed E-state index contributed by atoms with van der Waals surface area (Å²) < 4.78 is 0. The number of rotatable bonds is 0. The third kappa shape index (κ3) is 0.620. The number of benzene rings is 1. The average molecular weight is 132 g/mol. The molecular formula is C10H12. The summed E-state index contributed by atoms with van der Waals surface area (Å²) in [5.41, 5.74) is 4.63. The van der Waals surface area contributed by atoms with Crippen LogP contribution >= 0.6 is 0 Å². The van der Waals surface area contributed by atoms with E-state index in [1.165, 1.54) is 12.0 Å². The van der Waals surface area contributed by atoms with Crippen LogP contribution in [-0.4, -0.2) is 0 Å². The van der Waals surface area contributed by atoms with Crippen LogP contribution in [0.15, 0.2) is 18.2 Å². The van der Waals surface area contributed by atoms with Gasteiger partial charge in [0.15, 0.2) is 0 Å². The molecule has 0 saturated heterocycles. The van der Waals surface area contributed by atoms with Crippen LogP contribution < -0.4 is 0 Å². The second-order valence-corrected chi connectivity index (χ2v) is 3.25. The molecule has 0 aromatic heterocycles. The van der Waals surface area contributed by atoms with E-state index in [9.17, 15) is 0 Å². The van der Waals surface area contributed by atoms with Crippen molar-refractivity contribution in [2.24, 2.45) is 0 Å². The minimum absolute atomic E-state index is 0.816. The fourth-order valence-electron chi connectivity index (χ4n) is 1.93. The quantitative estimate of drug-likeness (QED) is 0.509. The average Bonchev–Trinajstić information content (AvgIpc) is 1.85. The molecule has 1 aromatic carbocycles. The van der Waals surface area contributed by atoms with Crippen molar-refractivity contribution in [1.82, 2.24) is 0 Å². The van der Waals surface area contributed by atoms with Crippen LogP contribution in [0.25, 0.3) is 0 Å². The van der Waals surface area contributed by atoms with Crippen LogP contribution in [0.4, 0.5) is 0 Å². The summed E-state index contributed by atoms with van der Waals surface area (Å²) in [6, 6.07) is 6.59. The van der Waals surface area contributed by atoms with Crippen molar-refractivity contribution in [2.75, 3.05) is 0 Å². The standard InChI is InChI=1S/C10H12/c1-7-4-3-5-9-6-8(2)10(7)9/h3-5,8H,6H2,1-2H3. The van der Waals surface area contributed by atoms with Gasteiger partial charge in [-0.15, -0.1) is 0 Å². The highest BCUT2D eigenvalue weighted by atomic mass is 14.3. The number of aryl methyl sites for hydroxylation is 1. The van der Waals surface area contributed by atoms with Gasteiger partial charge in [-0.3, -0.25) is 0 Å². The minimum atomic E-state index is 0.816. The molecule has 1 aliphatic carbocycles. The van der Waals surface area contributed by atoms with E-state index in [0.29, 0.717) is 0 Å². The van der Waals surface area contributed by atoms with Gasteiger partial charge in [-0.25, -0.2) is 0 Å². The maximum atomic E-state index is 2.30. The van der Waals surface area contributed by atoms with E-state index in [-0.39, 0.29) is 0 Å². The Labute approximate surface area is 61.9 Å². The Hall–Kier alpha value is -0.780. The van der Waals surface area contributed by atoms with Gasteiger partial charge in [-0.2, -0.15) is 0 Å². The van der Waals surface area contributed by atoms with Crippen molar-refractivity contribution in [3.8, 4) is 0 Å². The maximum Gasteiger partial charge on any atom is -0.0144 e. The van der Waals surface area contributed by atoms with Crippen LogP contribution in [0.3, 0.4) is 0 Å². The van der Waals surface area contributed by atoms with Crippen LogP contribution in [0.1, 0.15) is 29.5 Å². The molecule has 0 bridgehead atoms. The molecule has 1 aromatic rings. The molecule has 0 amide bonds. The zero-order valence-corrected chi connectivity index (χ0v) is 6.52. The molecule has 0 saturated carbocycles. The van der Waals surface area contributed by atoms with Crippen LogP contribution in [0.5, 0.6) is 0 Å². The molecule has 0 heteroatoms. The monoisotopic (exact) mass is 132 g/mol. The van der Waals surface area contributed by atoms with Crippen molar-refractivity contribution in [3.63, 3.8) is 0 Å². The largest absolute Gasteiger partial charge is 0.0617 e. The molecule has 52 valence electrons. The first-order valence-corrected chi connectivity index (χ1v) is 3.87. The number of hydrogen-bond donors (Lipinski definition) is 0. The summed E-state index contributed by atoms with van der Waals surface area (Å²) in [6.45, 7) is 4.50. The summed E-state index contributed by atoms with van der Waals surface area (Å²) in [4.78, 5) is 0. The zero-order chi connectivity index (χ0) is 7.14. The third-order valence-corrected chi connectivity index (χ3v) is 2.43. The molecule has 1 unspecified atom stereocenters. The van der Waals surface area contributed by atoms with Crippen molar-refractivity contribution in [1.29, 1.82) is 0 Å². The van der Waals surface area contributed by atoms with Crippen LogP contribution in [-0.2, 0) is 6.42 Å². The lowest BCUT2D eigenvalue weighted by atomic mass is 9.76. The molecule has 0 aliphatic heterocycles. The van der Waals surface area contributed by atoms with Crippen molar-refractivity contribution >= 4 is 0 Å². The predicted molar refractivity (Wildman–Crippen MR) is 43.3 cm³/mol. The molecule has 0 nitrogen and oxygen atoms in total. The van der Waals surface area contributed by atoms with Gasteiger partial charge in [0.25, 0.3) is 0 Å². The molecule has 0 heterocycles. The lowest BCUT2D eigenvalue weighted by Crippen LogP contribution is -2.15. The first kappa shape index (κ1) is 5.96. The smallest absolute Gasteiger partial charge is 0.0144 e. The van der Waals surface area contributed by atoms with Gasteiger partial charge in [-0.05, 0) is 36.0 Å². The molecule has 0 spiro atoms. The summed E-state index contributed by atoms with van der Waals surface area (Å²) in [7, 11) is 0. The van der Waals surface area contributed by atoms with Gasteiger partial charge < -0.3 is 0 Å². The fraction of sp³-hybridized carbons (Fsp3) is 0.400. The molecule has 1 aliphatic rings. The highest BCUT2D eigenvalue weighted by molar-refractivity contribution is 5.44. The van der Waals surface area contributed by atoms with E-state index in [1.54, 1.807) is 11.1 Å². The first-order valence-electron chi connectivity index (χ1n) is 3.87. The molecule has 10 heavy (non-hydrogen) atoms. The van der Waals surface area contributed by atoms with Crippen molar-refractivity contribution in [2.45, 2.75) is 26.2 Å². The fourth-order valence-corrected chi connectivity index (χ4v) is 1.93. The summed E-state index contributed by atoms with van der Waals surface area (Å²) in [5, 5.41) is 0. The van der Waals surface area contributed by atoms with E-state index in [4.69, 9.17) is 0 Å². The van der Waals surface area contributed by atoms with Gasteiger partial charge in [-0.1, -0.05) is 25.1 Å². The lowest BCUT2D eigenvalue weighted by Gasteiger charge is -2.28. The number of fused-ring (bicyclic) bond motifs is 1. The molecule has 0 fully saturated rings. The Morgan fingerprint density at radius 2 is 2.20 bits per heavy atom. The molecule has 2 rings (SSSR count). The van der Waals surface area contributed by atoms with E-state index < -0.39 is 0 Å². The zero-order valence-electron chi connectivity index (χ0n) is 6.52. The second kappa shape index (κ2) is 1.85. The Balaban J connectivity index is 2.58. The van der Waals surface area contributed by atoms with E-state index in [0.717, 1.165) is 5.92 Å².